The van der Waals surface area contributed by atoms with Crippen molar-refractivity contribution in [3.8, 4) is 0 Å². The van der Waals surface area contributed by atoms with Crippen molar-refractivity contribution in [1.29, 1.82) is 0 Å². The molecule has 28 heavy (non-hydrogen) atoms. The van der Waals surface area contributed by atoms with E-state index in [0.717, 1.165) is 6.42 Å². The maximum Gasteiger partial charge on any atom is 0.272 e. The van der Waals surface area contributed by atoms with Crippen LogP contribution < -0.4 is 21.3 Å². The van der Waals surface area contributed by atoms with Crippen LogP contribution in [0.2, 0.25) is 0 Å². The molecule has 3 aromatic heterocycles. The van der Waals surface area contributed by atoms with Gasteiger partial charge in [0.25, 0.3) is 11.8 Å². The molecule has 3 aromatic rings. The van der Waals surface area contributed by atoms with Crippen LogP contribution in [0.5, 0.6) is 0 Å². The number of aromatic nitrogens is 4. The van der Waals surface area contributed by atoms with Gasteiger partial charge in [-0.15, -0.1) is 0 Å². The fourth-order valence-corrected chi connectivity index (χ4v) is 3.50. The first-order valence-electron chi connectivity index (χ1n) is 8.82. The smallest absolute Gasteiger partial charge is 0.272 e. The van der Waals surface area contributed by atoms with Crippen LogP contribution in [0.1, 0.15) is 34.2 Å². The second kappa shape index (κ2) is 7.08. The van der Waals surface area contributed by atoms with Gasteiger partial charge in [-0.1, -0.05) is 6.92 Å². The average molecular weight is 400 g/mol. The third kappa shape index (κ3) is 3.24. The number of nitrogens with zero attached hydrogens (tertiary/aromatic N) is 4. The molecule has 1 fully saturated rings. The molecule has 10 nitrogen and oxygen atoms in total. The molecule has 11 heteroatoms. The Labute approximate surface area is 164 Å². The minimum Gasteiger partial charge on any atom is -0.373 e. The molecule has 0 unspecified atom stereocenters. The average Bonchev–Trinajstić information content (AvgIpc) is 3.08. The van der Waals surface area contributed by atoms with Crippen LogP contribution in [0, 0.1) is 5.92 Å². The molecule has 0 spiro atoms. The molecule has 1 saturated carbocycles. The van der Waals surface area contributed by atoms with E-state index < -0.39 is 0 Å². The lowest BCUT2D eigenvalue weighted by Crippen LogP contribution is -2.26. The quantitative estimate of drug-likeness (QED) is 0.494. The highest BCUT2D eigenvalue weighted by Crippen LogP contribution is 2.30. The van der Waals surface area contributed by atoms with Crippen LogP contribution in [0.3, 0.4) is 0 Å². The molecule has 4 rings (SSSR count). The van der Waals surface area contributed by atoms with Gasteiger partial charge >= 0.3 is 0 Å². The van der Waals surface area contributed by atoms with Crippen molar-refractivity contribution in [3.05, 3.63) is 28.9 Å². The summed E-state index contributed by atoms with van der Waals surface area (Å²) < 4.78 is 5.68. The third-order valence-corrected chi connectivity index (χ3v) is 5.30. The predicted molar refractivity (Wildman–Crippen MR) is 106 cm³/mol. The Morgan fingerprint density at radius 1 is 1.29 bits per heavy atom. The SMILES string of the molecule is CNC(=O)c1nscc1Nc1cc(NC)n2ncc(C(=O)N[C@@H]3C[C@@H]3C)c2n1. The van der Waals surface area contributed by atoms with Crippen LogP contribution in [-0.4, -0.2) is 50.9 Å². The van der Waals surface area contributed by atoms with Crippen LogP contribution in [0.4, 0.5) is 17.3 Å². The molecule has 2 amide bonds. The lowest BCUT2D eigenvalue weighted by atomic mass is 10.3. The lowest BCUT2D eigenvalue weighted by Gasteiger charge is -2.10. The van der Waals surface area contributed by atoms with Crippen LogP contribution in [-0.2, 0) is 0 Å². The van der Waals surface area contributed by atoms with E-state index in [1.165, 1.54) is 17.7 Å². The van der Waals surface area contributed by atoms with Crippen molar-refractivity contribution >= 4 is 46.3 Å². The van der Waals surface area contributed by atoms with Gasteiger partial charge in [-0.2, -0.15) is 14.0 Å². The van der Waals surface area contributed by atoms with E-state index in [-0.39, 0.29) is 23.6 Å². The van der Waals surface area contributed by atoms with E-state index >= 15 is 0 Å². The maximum absolute atomic E-state index is 12.6. The van der Waals surface area contributed by atoms with E-state index in [0.29, 0.717) is 34.5 Å². The maximum atomic E-state index is 12.6. The lowest BCUT2D eigenvalue weighted by molar-refractivity contribution is 0.0946. The number of anilines is 3. The van der Waals surface area contributed by atoms with E-state index in [9.17, 15) is 9.59 Å². The number of hydrogen-bond donors (Lipinski definition) is 4. The van der Waals surface area contributed by atoms with Gasteiger partial charge in [-0.3, -0.25) is 9.59 Å². The molecule has 146 valence electrons. The first kappa shape index (κ1) is 18.2. The highest BCUT2D eigenvalue weighted by atomic mass is 32.1. The minimum absolute atomic E-state index is 0.195. The van der Waals surface area contributed by atoms with E-state index in [1.807, 2.05) is 0 Å². The van der Waals surface area contributed by atoms with Crippen LogP contribution in [0.15, 0.2) is 17.6 Å². The first-order chi connectivity index (χ1) is 13.5. The highest BCUT2D eigenvalue weighted by Gasteiger charge is 2.34. The van der Waals surface area contributed by atoms with E-state index in [2.05, 4.69) is 42.6 Å². The summed E-state index contributed by atoms with van der Waals surface area (Å²) in [5.74, 6) is 1.13. The Morgan fingerprint density at radius 2 is 2.07 bits per heavy atom. The molecule has 4 N–H and O–H groups in total. The summed E-state index contributed by atoms with van der Waals surface area (Å²) >= 11 is 1.17. The molecule has 2 atom stereocenters. The number of fused-ring (bicyclic) bond motifs is 1. The largest absolute Gasteiger partial charge is 0.373 e. The number of hydrogen-bond acceptors (Lipinski definition) is 8. The Kier molecular flexibility index (Phi) is 4.59. The number of rotatable bonds is 6. The zero-order valence-electron chi connectivity index (χ0n) is 15.6. The Morgan fingerprint density at radius 3 is 2.75 bits per heavy atom. The second-order valence-electron chi connectivity index (χ2n) is 6.64. The van der Waals surface area contributed by atoms with Crippen molar-refractivity contribution in [3.63, 3.8) is 0 Å². The molecule has 0 bridgehead atoms. The third-order valence-electron chi connectivity index (χ3n) is 4.67. The Balaban J connectivity index is 1.69. The summed E-state index contributed by atoms with van der Waals surface area (Å²) in [7, 11) is 3.31. The standard InChI is InChI=1S/C17H20N8O2S/c1-8-4-10(8)22-16(26)9-6-20-25-13(18-2)5-12(23-15(9)25)21-11-7-28-24-14(11)17(27)19-3/h5-8,10,18H,4H2,1-3H3,(H,19,27)(H,21,23)(H,22,26)/t8-,10+/m0/s1. The van der Waals surface area contributed by atoms with Crippen molar-refractivity contribution < 1.29 is 9.59 Å². The topological polar surface area (TPSA) is 125 Å². The van der Waals surface area contributed by atoms with E-state index in [4.69, 9.17) is 0 Å². The number of amides is 2. The highest BCUT2D eigenvalue weighted by molar-refractivity contribution is 7.04. The number of carbonyl (C=O) groups excluding carboxylic acids is 2. The molecule has 1 aliphatic carbocycles. The van der Waals surface area contributed by atoms with Crippen molar-refractivity contribution in [2.75, 3.05) is 24.7 Å². The van der Waals surface area contributed by atoms with Crippen LogP contribution >= 0.6 is 11.5 Å². The van der Waals surface area contributed by atoms with Gasteiger partial charge in [0, 0.05) is 31.6 Å². The summed E-state index contributed by atoms with van der Waals surface area (Å²) in [5.41, 5.74) is 1.65. The molecule has 0 aromatic carbocycles. The van der Waals surface area contributed by atoms with Gasteiger partial charge in [-0.25, -0.2) is 4.98 Å². The van der Waals surface area contributed by atoms with Gasteiger partial charge in [0.15, 0.2) is 11.3 Å². The van der Waals surface area contributed by atoms with Gasteiger partial charge in [0.05, 0.1) is 11.9 Å². The van der Waals surface area contributed by atoms with E-state index in [1.54, 1.807) is 30.1 Å². The summed E-state index contributed by atoms with van der Waals surface area (Å²) in [4.78, 5) is 29.1. The molecule has 0 aliphatic heterocycles. The normalized spacial score (nSPS) is 18.0. The zero-order chi connectivity index (χ0) is 19.8. The van der Waals surface area contributed by atoms with Crippen molar-refractivity contribution in [2.24, 2.45) is 5.92 Å². The van der Waals surface area contributed by atoms with Gasteiger partial charge in [-0.05, 0) is 23.9 Å². The fraction of sp³-hybridized carbons (Fsp3) is 0.353. The fourth-order valence-electron chi connectivity index (χ4n) is 2.88. The van der Waals surface area contributed by atoms with Gasteiger partial charge in [0.2, 0.25) is 0 Å². The molecule has 3 heterocycles. The molecule has 1 aliphatic rings. The summed E-state index contributed by atoms with van der Waals surface area (Å²) in [6, 6.07) is 1.95. The minimum atomic E-state index is -0.290. The summed E-state index contributed by atoms with van der Waals surface area (Å²) in [5, 5.41) is 17.7. The van der Waals surface area contributed by atoms with Crippen LogP contribution in [0.25, 0.3) is 5.65 Å². The number of nitrogens with one attached hydrogen (secondary N) is 4. The first-order valence-corrected chi connectivity index (χ1v) is 9.66. The number of carbonyl (C=O) groups is 2. The van der Waals surface area contributed by atoms with Crippen molar-refractivity contribution in [2.45, 2.75) is 19.4 Å². The molecular formula is C17H20N8O2S. The Bertz CT molecular complexity index is 1060. The van der Waals surface area contributed by atoms with Crippen molar-refractivity contribution in [1.82, 2.24) is 29.6 Å². The second-order valence-corrected chi connectivity index (χ2v) is 7.27. The monoisotopic (exact) mass is 400 g/mol. The zero-order valence-corrected chi connectivity index (χ0v) is 16.4. The van der Waals surface area contributed by atoms with Gasteiger partial charge < -0.3 is 21.3 Å². The molecular weight excluding hydrogens is 380 g/mol. The van der Waals surface area contributed by atoms with Gasteiger partial charge in [0.1, 0.15) is 17.2 Å². The summed E-state index contributed by atoms with van der Waals surface area (Å²) in [6.07, 6.45) is 2.50. The Hall–Kier alpha value is -3.21. The predicted octanol–water partition coefficient (Wildman–Crippen LogP) is 1.47. The molecule has 0 radical (unpaired) electrons. The summed E-state index contributed by atoms with van der Waals surface area (Å²) in [6.45, 7) is 2.10. The molecule has 0 saturated heterocycles.